The van der Waals surface area contributed by atoms with Gasteiger partial charge in [-0.25, -0.2) is 9.13 Å². The maximum Gasteiger partial charge on any atom is 0.472 e. The SMILES string of the molecule is CCCCC/C=C\C/C=C\C/C=C\C/C=C\CCCC(=O)O[C@H](COC(=O)CCCCCCC/C=C\C/C=C\CCCCC)COP(=O)(O)OC[C@@H](O)COP(=O)(O)OC[C@@H](COCCCCCCC/C=C\CCCCCCC=O)OC(=O)CCCCCCC/C=C\C/C=C\CCCCC. The Morgan fingerprint density at radius 1 is 0.320 bits per heavy atom. The van der Waals surface area contributed by atoms with Crippen LogP contribution in [0.25, 0.3) is 0 Å². The second-order valence-electron chi connectivity index (χ2n) is 25.9. The molecule has 0 radical (unpaired) electrons. The van der Waals surface area contributed by atoms with Crippen LogP contribution in [0.15, 0.2) is 109 Å². The van der Waals surface area contributed by atoms with Crippen LogP contribution in [0.4, 0.5) is 0 Å². The van der Waals surface area contributed by atoms with E-state index < -0.39 is 84.9 Å². The predicted octanol–water partition coefficient (Wildman–Crippen LogP) is 22.2. The summed E-state index contributed by atoms with van der Waals surface area (Å²) in [6, 6.07) is 0. The van der Waals surface area contributed by atoms with E-state index in [0.717, 1.165) is 192 Å². The Morgan fingerprint density at radius 2 is 0.600 bits per heavy atom. The molecule has 19 heteroatoms. The molecule has 0 saturated carbocycles. The van der Waals surface area contributed by atoms with E-state index in [4.69, 9.17) is 37.0 Å². The monoisotopic (exact) mass is 1450 g/mol. The number of aliphatic hydroxyl groups is 1. The Kier molecular flexibility index (Phi) is 71.5. The molecule has 0 spiro atoms. The van der Waals surface area contributed by atoms with E-state index in [2.05, 4.69) is 118 Å². The van der Waals surface area contributed by atoms with E-state index in [9.17, 15) is 43.2 Å². The summed E-state index contributed by atoms with van der Waals surface area (Å²) in [5, 5.41) is 10.6. The number of esters is 3. The Bertz CT molecular complexity index is 2290. The summed E-state index contributed by atoms with van der Waals surface area (Å²) in [7, 11) is -9.87. The van der Waals surface area contributed by atoms with Gasteiger partial charge in [0, 0.05) is 32.3 Å². The standard InChI is InChI=1S/C81H140O17P2/c1-4-7-10-13-16-19-22-25-28-29-32-37-42-47-52-57-62-67-81(86)98-78(73-92-79(84)65-60-55-50-45-40-35-30-26-23-20-17-14-11-8-5-2)75-96-100(89,90)94-71-76(83)70-93-99(87,88)95-74-77(72-91-69-64-59-54-49-44-39-34-33-38-43-48-53-58-63-68-82)97-80(85)66-61-56-51-46-41-36-31-27-24-21-18-15-12-9-6-3/h16-21,25-28,30-34,37,47,52,68,76-78,83H,4-15,22-24,29,35-36,38-46,48-51,53-67,69-75H2,1-3H3,(H,87,88)(H,89,90)/b19-16-,20-17-,21-18-,28-25-,30-26-,31-27-,34-33-,37-32-,52-47-/t76-,77+,78+/m0/s1. The van der Waals surface area contributed by atoms with Crippen LogP contribution < -0.4 is 0 Å². The summed E-state index contributed by atoms with van der Waals surface area (Å²) in [6.45, 7) is 3.47. The molecule has 0 aliphatic carbocycles. The minimum Gasteiger partial charge on any atom is -0.462 e. The number of hydrogen-bond acceptors (Lipinski definition) is 15. The third-order valence-electron chi connectivity index (χ3n) is 16.2. The van der Waals surface area contributed by atoms with Crippen molar-refractivity contribution in [1.29, 1.82) is 0 Å². The van der Waals surface area contributed by atoms with Crippen LogP contribution in [-0.4, -0.2) is 104 Å². The lowest BCUT2D eigenvalue weighted by Gasteiger charge is -2.21. The van der Waals surface area contributed by atoms with Gasteiger partial charge in [-0.2, -0.15) is 0 Å². The van der Waals surface area contributed by atoms with Crippen molar-refractivity contribution in [3.8, 4) is 0 Å². The minimum atomic E-state index is -4.97. The van der Waals surface area contributed by atoms with Gasteiger partial charge in [0.2, 0.25) is 0 Å². The van der Waals surface area contributed by atoms with Crippen LogP contribution in [0.1, 0.15) is 316 Å². The van der Waals surface area contributed by atoms with Crippen molar-refractivity contribution in [2.45, 2.75) is 334 Å². The van der Waals surface area contributed by atoms with Gasteiger partial charge in [0.15, 0.2) is 6.10 Å². The summed E-state index contributed by atoms with van der Waals surface area (Å²) < 4.78 is 69.1. The van der Waals surface area contributed by atoms with E-state index in [-0.39, 0.29) is 25.9 Å². The van der Waals surface area contributed by atoms with Crippen LogP contribution in [0, 0.1) is 0 Å². The fourth-order valence-corrected chi connectivity index (χ4v) is 11.8. The molecule has 0 rings (SSSR count). The topological polar surface area (TPSA) is 237 Å². The average molecular weight is 1450 g/mol. The number of carbonyl (C=O) groups excluding carboxylic acids is 4. The highest BCUT2D eigenvalue weighted by Gasteiger charge is 2.30. The number of allylic oxidation sites excluding steroid dienone is 18. The second kappa shape index (κ2) is 74.6. The molecular weight excluding hydrogens is 1310 g/mol. The molecular formula is C81H140O17P2. The van der Waals surface area contributed by atoms with Gasteiger partial charge < -0.3 is 38.6 Å². The molecule has 0 saturated heterocycles. The van der Waals surface area contributed by atoms with E-state index in [1.54, 1.807) is 0 Å². The van der Waals surface area contributed by atoms with E-state index in [1.807, 2.05) is 12.2 Å². The lowest BCUT2D eigenvalue weighted by molar-refractivity contribution is -0.161. The highest BCUT2D eigenvalue weighted by molar-refractivity contribution is 7.47. The van der Waals surface area contributed by atoms with Crippen LogP contribution in [0.3, 0.4) is 0 Å². The quantitative estimate of drug-likeness (QED) is 0.0128. The molecule has 0 heterocycles. The molecule has 0 bridgehead atoms. The normalized spacial score (nSPS) is 14.5. The smallest absolute Gasteiger partial charge is 0.462 e. The Hall–Kier alpha value is -4.12. The number of carbonyl (C=O) groups is 4. The number of phosphoric ester groups is 2. The molecule has 0 aromatic rings. The van der Waals surface area contributed by atoms with Gasteiger partial charge in [-0.05, 0) is 161 Å². The van der Waals surface area contributed by atoms with Gasteiger partial charge in [0.05, 0.1) is 33.0 Å². The van der Waals surface area contributed by atoms with Gasteiger partial charge in [0.25, 0.3) is 0 Å². The lowest BCUT2D eigenvalue weighted by Crippen LogP contribution is -2.30. The maximum atomic E-state index is 13.1. The molecule has 3 N–H and O–H groups in total. The summed E-state index contributed by atoms with van der Waals surface area (Å²) >= 11 is 0. The second-order valence-corrected chi connectivity index (χ2v) is 28.8. The number of aliphatic hydroxyl groups excluding tert-OH is 1. The summed E-state index contributed by atoms with van der Waals surface area (Å²) in [5.74, 6) is -1.64. The molecule has 100 heavy (non-hydrogen) atoms. The average Bonchev–Trinajstić information content (AvgIpc) is 0.947. The zero-order valence-electron chi connectivity index (χ0n) is 62.6. The Labute approximate surface area is 607 Å². The van der Waals surface area contributed by atoms with Gasteiger partial charge in [-0.15, -0.1) is 0 Å². The van der Waals surface area contributed by atoms with Crippen molar-refractivity contribution < 1.29 is 80.2 Å². The number of phosphoric acid groups is 2. The van der Waals surface area contributed by atoms with Crippen LogP contribution in [-0.2, 0) is 65.4 Å². The van der Waals surface area contributed by atoms with Gasteiger partial charge in [-0.3, -0.25) is 32.5 Å². The summed E-state index contributed by atoms with van der Waals surface area (Å²) in [4.78, 5) is 70.6. The molecule has 0 aliphatic rings. The van der Waals surface area contributed by atoms with Gasteiger partial charge >= 0.3 is 33.6 Å². The molecule has 17 nitrogen and oxygen atoms in total. The van der Waals surface area contributed by atoms with Crippen molar-refractivity contribution >= 4 is 39.8 Å². The highest BCUT2D eigenvalue weighted by atomic mass is 31.2. The summed E-state index contributed by atoms with van der Waals surface area (Å²) in [5.41, 5.74) is 0. The molecule has 0 aromatic carbocycles. The third-order valence-corrected chi connectivity index (χ3v) is 18.1. The number of unbranched alkanes of at least 4 members (excludes halogenated alkanes) is 30. The number of hydrogen-bond donors (Lipinski definition) is 3. The van der Waals surface area contributed by atoms with E-state index in [0.29, 0.717) is 38.7 Å². The first kappa shape index (κ1) is 95.9. The molecule has 0 fully saturated rings. The number of rotatable bonds is 75. The number of aldehydes is 1. The van der Waals surface area contributed by atoms with Gasteiger partial charge in [0.1, 0.15) is 25.1 Å². The molecule has 2 unspecified atom stereocenters. The van der Waals surface area contributed by atoms with Crippen molar-refractivity contribution in [2.75, 3.05) is 46.2 Å². The first-order valence-corrected chi connectivity index (χ1v) is 42.1. The zero-order chi connectivity index (χ0) is 73.0. The largest absolute Gasteiger partial charge is 0.472 e. The third kappa shape index (κ3) is 73.6. The number of ether oxygens (including phenoxy) is 4. The molecule has 0 aromatic heterocycles. The van der Waals surface area contributed by atoms with Crippen molar-refractivity contribution in [3.63, 3.8) is 0 Å². The van der Waals surface area contributed by atoms with Crippen LogP contribution in [0.2, 0.25) is 0 Å². The molecule has 576 valence electrons. The Morgan fingerprint density at radius 3 is 0.980 bits per heavy atom. The van der Waals surface area contributed by atoms with E-state index >= 15 is 0 Å². The fraction of sp³-hybridized carbons (Fsp3) is 0.728. The first-order valence-electron chi connectivity index (χ1n) is 39.1. The first-order chi connectivity index (χ1) is 48.8. The summed E-state index contributed by atoms with van der Waals surface area (Å²) in [6.07, 6.45) is 79.8. The molecule has 5 atom stereocenters. The van der Waals surface area contributed by atoms with Crippen LogP contribution >= 0.6 is 15.6 Å². The van der Waals surface area contributed by atoms with Gasteiger partial charge in [-0.1, -0.05) is 239 Å². The van der Waals surface area contributed by atoms with Crippen molar-refractivity contribution in [1.82, 2.24) is 0 Å². The predicted molar refractivity (Wildman–Crippen MR) is 409 cm³/mol. The highest BCUT2D eigenvalue weighted by Crippen LogP contribution is 2.45. The lowest BCUT2D eigenvalue weighted by atomic mass is 10.1. The fourth-order valence-electron chi connectivity index (χ4n) is 10.2. The minimum absolute atomic E-state index is 0.0243. The van der Waals surface area contributed by atoms with Crippen molar-refractivity contribution in [2.24, 2.45) is 0 Å². The van der Waals surface area contributed by atoms with E-state index in [1.165, 1.54) is 57.8 Å². The van der Waals surface area contributed by atoms with Crippen LogP contribution in [0.5, 0.6) is 0 Å². The molecule has 0 amide bonds. The Balaban J connectivity index is 5.37. The maximum absolute atomic E-state index is 13.1. The zero-order valence-corrected chi connectivity index (χ0v) is 64.4. The molecule has 0 aliphatic heterocycles. The van der Waals surface area contributed by atoms with Crippen molar-refractivity contribution in [3.05, 3.63) is 109 Å².